The average Bonchev–Trinajstić information content (AvgIpc) is 3.53. The Morgan fingerprint density at radius 2 is 1.62 bits per heavy atom. The summed E-state index contributed by atoms with van der Waals surface area (Å²) in [7, 11) is 3.36. The molecule has 0 aliphatic carbocycles. The van der Waals surface area contributed by atoms with E-state index in [1.807, 2.05) is 6.07 Å². The number of hydrogen-bond donors (Lipinski definition) is 1. The molecule has 2 heterocycles. The van der Waals surface area contributed by atoms with Gasteiger partial charge in [-0.15, -0.1) is 0 Å². The van der Waals surface area contributed by atoms with Crippen molar-refractivity contribution >= 4 is 5.91 Å². The van der Waals surface area contributed by atoms with E-state index in [9.17, 15) is 4.79 Å². The molecule has 0 saturated carbocycles. The third-order valence-corrected chi connectivity index (χ3v) is 6.79. The van der Waals surface area contributed by atoms with Crippen LogP contribution in [0.1, 0.15) is 42.4 Å². The summed E-state index contributed by atoms with van der Waals surface area (Å²) in [6.45, 7) is 8.57. The molecule has 0 bridgehead atoms. The first-order chi connectivity index (χ1) is 16.5. The third kappa shape index (κ3) is 8.03. The van der Waals surface area contributed by atoms with Gasteiger partial charge in [0.25, 0.3) is 0 Å². The van der Waals surface area contributed by atoms with E-state index in [2.05, 4.69) is 53.1 Å². The number of aryl methyl sites for hydroxylation is 2. The standard InChI is InChI=1S/C15H23NO2.C13H18N2O/c1-17-14-8-7-13(12-15(14)18-2)6-5-11-16-9-3-4-10-16;1-10-2-4-11(5-3-10)8-15-7-6-12(9-15)13(14)16/h7-8,12H,3-6,9-11H2,1-2H3;2-5,12H,6-9H2,1H3,(H2,14,16). The van der Waals surface area contributed by atoms with Crippen molar-refractivity contribution in [1.29, 1.82) is 0 Å². The predicted octanol–water partition coefficient (Wildman–Crippen LogP) is 4.03. The van der Waals surface area contributed by atoms with Crippen LogP contribution in [0.15, 0.2) is 42.5 Å². The molecule has 4 rings (SSSR count). The minimum absolute atomic E-state index is 0.0467. The van der Waals surface area contributed by atoms with E-state index < -0.39 is 0 Å². The molecular weight excluding hydrogens is 426 g/mol. The van der Waals surface area contributed by atoms with E-state index in [0.717, 1.165) is 44.0 Å². The van der Waals surface area contributed by atoms with Gasteiger partial charge in [0.15, 0.2) is 11.5 Å². The van der Waals surface area contributed by atoms with Crippen molar-refractivity contribution in [2.24, 2.45) is 11.7 Å². The Morgan fingerprint density at radius 3 is 2.24 bits per heavy atom. The van der Waals surface area contributed by atoms with Gasteiger partial charge in [-0.25, -0.2) is 0 Å². The molecule has 2 aliphatic rings. The van der Waals surface area contributed by atoms with Crippen molar-refractivity contribution in [3.63, 3.8) is 0 Å². The molecular formula is C28H41N3O3. The predicted molar refractivity (Wildman–Crippen MR) is 137 cm³/mol. The number of benzene rings is 2. The maximum atomic E-state index is 11.0. The Hall–Kier alpha value is -2.57. The van der Waals surface area contributed by atoms with Crippen molar-refractivity contribution in [3.8, 4) is 11.5 Å². The lowest BCUT2D eigenvalue weighted by molar-refractivity contribution is -0.121. The molecule has 0 aromatic heterocycles. The molecule has 186 valence electrons. The van der Waals surface area contributed by atoms with Crippen molar-refractivity contribution in [2.45, 2.75) is 45.6 Å². The molecule has 34 heavy (non-hydrogen) atoms. The molecule has 6 heteroatoms. The van der Waals surface area contributed by atoms with Crippen LogP contribution in [0.5, 0.6) is 11.5 Å². The van der Waals surface area contributed by atoms with Gasteiger partial charge in [0, 0.05) is 13.1 Å². The van der Waals surface area contributed by atoms with Crippen molar-refractivity contribution < 1.29 is 14.3 Å². The van der Waals surface area contributed by atoms with Gasteiger partial charge in [-0.05, 0) is 88.5 Å². The van der Waals surface area contributed by atoms with E-state index in [-0.39, 0.29) is 11.8 Å². The number of rotatable bonds is 9. The molecule has 0 radical (unpaired) electrons. The van der Waals surface area contributed by atoms with Gasteiger partial charge in [-0.2, -0.15) is 0 Å². The molecule has 2 fully saturated rings. The lowest BCUT2D eigenvalue weighted by Crippen LogP contribution is -2.27. The van der Waals surface area contributed by atoms with Crippen LogP contribution >= 0.6 is 0 Å². The first kappa shape index (κ1) is 26.0. The summed E-state index contributed by atoms with van der Waals surface area (Å²) in [5.41, 5.74) is 9.21. The second-order valence-corrected chi connectivity index (χ2v) is 9.45. The summed E-state index contributed by atoms with van der Waals surface area (Å²) in [5.74, 6) is 1.52. The van der Waals surface area contributed by atoms with E-state index in [1.165, 1.54) is 55.6 Å². The number of amides is 1. The average molecular weight is 468 g/mol. The number of ether oxygens (including phenoxy) is 2. The fourth-order valence-electron chi connectivity index (χ4n) is 4.71. The third-order valence-electron chi connectivity index (χ3n) is 6.79. The molecule has 1 amide bonds. The van der Waals surface area contributed by atoms with Crippen LogP contribution in [-0.4, -0.2) is 62.7 Å². The lowest BCUT2D eigenvalue weighted by atomic mass is 10.1. The van der Waals surface area contributed by atoms with Gasteiger partial charge in [-0.3, -0.25) is 9.69 Å². The SMILES string of the molecule is COc1ccc(CCCN2CCCC2)cc1OC.Cc1ccc(CN2CCC(C(N)=O)C2)cc1. The first-order valence-electron chi connectivity index (χ1n) is 12.5. The maximum absolute atomic E-state index is 11.0. The van der Waals surface area contributed by atoms with Crippen molar-refractivity contribution in [1.82, 2.24) is 9.80 Å². The Kier molecular flexibility index (Phi) is 10.2. The van der Waals surface area contributed by atoms with Crippen LogP contribution in [0.25, 0.3) is 0 Å². The van der Waals surface area contributed by atoms with E-state index in [4.69, 9.17) is 15.2 Å². The van der Waals surface area contributed by atoms with E-state index in [1.54, 1.807) is 14.2 Å². The highest BCUT2D eigenvalue weighted by atomic mass is 16.5. The van der Waals surface area contributed by atoms with Crippen LogP contribution in [0.3, 0.4) is 0 Å². The summed E-state index contributed by atoms with van der Waals surface area (Å²) < 4.78 is 10.6. The zero-order valence-corrected chi connectivity index (χ0v) is 21.1. The fourth-order valence-corrected chi connectivity index (χ4v) is 4.71. The zero-order valence-electron chi connectivity index (χ0n) is 21.1. The quantitative estimate of drug-likeness (QED) is 0.603. The minimum atomic E-state index is -0.161. The smallest absolute Gasteiger partial charge is 0.221 e. The van der Waals surface area contributed by atoms with Crippen LogP contribution < -0.4 is 15.2 Å². The highest BCUT2D eigenvalue weighted by Gasteiger charge is 2.26. The molecule has 2 saturated heterocycles. The second kappa shape index (κ2) is 13.4. The molecule has 2 aromatic rings. The summed E-state index contributed by atoms with van der Waals surface area (Å²) in [6.07, 6.45) is 5.97. The zero-order chi connectivity index (χ0) is 24.3. The van der Waals surface area contributed by atoms with Crippen molar-refractivity contribution in [3.05, 3.63) is 59.2 Å². The number of nitrogens with two attached hydrogens (primary N) is 1. The maximum Gasteiger partial charge on any atom is 0.221 e. The summed E-state index contributed by atoms with van der Waals surface area (Å²) in [4.78, 5) is 15.9. The molecule has 0 spiro atoms. The molecule has 6 nitrogen and oxygen atoms in total. The monoisotopic (exact) mass is 467 g/mol. The summed E-state index contributed by atoms with van der Waals surface area (Å²) in [5, 5.41) is 0. The largest absolute Gasteiger partial charge is 0.493 e. The van der Waals surface area contributed by atoms with Gasteiger partial charge in [0.05, 0.1) is 20.1 Å². The Balaban J connectivity index is 0.000000192. The number of primary amides is 1. The number of hydrogen-bond acceptors (Lipinski definition) is 5. The Morgan fingerprint density at radius 1 is 0.941 bits per heavy atom. The molecule has 1 atom stereocenters. The highest BCUT2D eigenvalue weighted by Crippen LogP contribution is 2.28. The number of carbonyl (C=O) groups is 1. The first-order valence-corrected chi connectivity index (χ1v) is 12.5. The summed E-state index contributed by atoms with van der Waals surface area (Å²) >= 11 is 0. The number of nitrogens with zero attached hydrogens (tertiary/aromatic N) is 2. The second-order valence-electron chi connectivity index (χ2n) is 9.45. The number of methoxy groups -OCH3 is 2. The number of likely N-dealkylation sites (tertiary alicyclic amines) is 2. The molecule has 2 aliphatic heterocycles. The Labute approximate surface area is 205 Å². The minimum Gasteiger partial charge on any atom is -0.493 e. The van der Waals surface area contributed by atoms with Gasteiger partial charge in [-0.1, -0.05) is 35.9 Å². The van der Waals surface area contributed by atoms with Crippen LogP contribution in [0.4, 0.5) is 0 Å². The normalized spacial score (nSPS) is 18.4. The Bertz CT molecular complexity index is 894. The van der Waals surface area contributed by atoms with Gasteiger partial charge in [0.2, 0.25) is 5.91 Å². The highest BCUT2D eigenvalue weighted by molar-refractivity contribution is 5.77. The van der Waals surface area contributed by atoms with Crippen molar-refractivity contribution in [2.75, 3.05) is 46.9 Å². The molecule has 2 aromatic carbocycles. The summed E-state index contributed by atoms with van der Waals surface area (Å²) in [6, 6.07) is 14.7. The van der Waals surface area contributed by atoms with Gasteiger partial charge < -0.3 is 20.1 Å². The van der Waals surface area contributed by atoms with E-state index >= 15 is 0 Å². The molecule has 2 N–H and O–H groups in total. The lowest BCUT2D eigenvalue weighted by Gasteiger charge is -2.15. The van der Waals surface area contributed by atoms with Crippen LogP contribution in [0.2, 0.25) is 0 Å². The molecule has 1 unspecified atom stereocenters. The fraction of sp³-hybridized carbons (Fsp3) is 0.536. The number of carbonyl (C=O) groups excluding carboxylic acids is 1. The van der Waals surface area contributed by atoms with Gasteiger partial charge in [0.1, 0.15) is 0 Å². The van der Waals surface area contributed by atoms with Crippen LogP contribution in [-0.2, 0) is 17.8 Å². The topological polar surface area (TPSA) is 68.0 Å². The van der Waals surface area contributed by atoms with E-state index in [0.29, 0.717) is 0 Å². The van der Waals surface area contributed by atoms with Gasteiger partial charge >= 0.3 is 0 Å². The van der Waals surface area contributed by atoms with Crippen LogP contribution in [0, 0.1) is 12.8 Å².